The Bertz CT molecular complexity index is 165. The van der Waals surface area contributed by atoms with Crippen LogP contribution in [-0.2, 0) is 4.79 Å². The minimum Gasteiger partial charge on any atom is -0.392 e. The van der Waals surface area contributed by atoms with Crippen LogP contribution in [-0.4, -0.2) is 36.2 Å². The van der Waals surface area contributed by atoms with E-state index in [4.69, 9.17) is 5.11 Å². The van der Waals surface area contributed by atoms with Gasteiger partial charge in [0.25, 0.3) is 0 Å². The van der Waals surface area contributed by atoms with E-state index in [-0.39, 0.29) is 5.91 Å². The lowest BCUT2D eigenvalue weighted by Crippen LogP contribution is -2.35. The molecule has 1 aliphatic heterocycles. The average Bonchev–Trinajstić information content (AvgIpc) is 2.53. The summed E-state index contributed by atoms with van der Waals surface area (Å²) in [6.45, 7) is 3.04. The van der Waals surface area contributed by atoms with Gasteiger partial charge < -0.3 is 15.7 Å². The van der Waals surface area contributed by atoms with Crippen molar-refractivity contribution < 1.29 is 9.90 Å². The van der Waals surface area contributed by atoms with E-state index in [1.165, 1.54) is 0 Å². The first kappa shape index (κ1) is 10.5. The van der Waals surface area contributed by atoms with Gasteiger partial charge >= 0.3 is 0 Å². The van der Waals surface area contributed by atoms with E-state index in [9.17, 15) is 4.79 Å². The highest BCUT2D eigenvalue weighted by molar-refractivity contribution is 5.76. The molecule has 1 heterocycles. The van der Waals surface area contributed by atoms with Gasteiger partial charge in [-0.3, -0.25) is 4.79 Å². The molecule has 0 aromatic heterocycles. The van der Waals surface area contributed by atoms with E-state index in [1.807, 2.05) is 0 Å². The molecule has 3 N–H and O–H groups in total. The highest BCUT2D eigenvalue weighted by Crippen LogP contribution is 2.07. The molecular formula is C9H18N2O2. The molecule has 1 unspecified atom stereocenters. The summed E-state index contributed by atoms with van der Waals surface area (Å²) in [5, 5.41) is 14.9. The second kappa shape index (κ2) is 5.19. The predicted molar refractivity (Wildman–Crippen MR) is 50.3 cm³/mol. The lowest BCUT2D eigenvalue weighted by molar-refractivity contribution is -0.121. The summed E-state index contributed by atoms with van der Waals surface area (Å²) in [5.74, 6) is 0.0281. The Morgan fingerprint density at radius 3 is 3.08 bits per heavy atom. The second-order valence-corrected chi connectivity index (χ2v) is 3.65. The van der Waals surface area contributed by atoms with Gasteiger partial charge in [-0.25, -0.2) is 0 Å². The molecule has 2 atom stereocenters. The Hall–Kier alpha value is -0.610. The zero-order valence-electron chi connectivity index (χ0n) is 8.05. The van der Waals surface area contributed by atoms with E-state index < -0.39 is 6.10 Å². The van der Waals surface area contributed by atoms with Gasteiger partial charge in [-0.05, 0) is 26.3 Å². The maximum Gasteiger partial charge on any atom is 0.221 e. The van der Waals surface area contributed by atoms with Crippen LogP contribution in [0, 0.1) is 0 Å². The smallest absolute Gasteiger partial charge is 0.221 e. The lowest BCUT2D eigenvalue weighted by atomic mass is 10.1. The van der Waals surface area contributed by atoms with Crippen LogP contribution >= 0.6 is 0 Å². The topological polar surface area (TPSA) is 61.4 Å². The molecule has 1 aliphatic rings. The Morgan fingerprint density at radius 2 is 2.54 bits per heavy atom. The fourth-order valence-corrected chi connectivity index (χ4v) is 1.49. The zero-order chi connectivity index (χ0) is 9.68. The van der Waals surface area contributed by atoms with Crippen LogP contribution in [0.1, 0.15) is 26.2 Å². The average molecular weight is 186 g/mol. The summed E-state index contributed by atoms with van der Waals surface area (Å²) in [6, 6.07) is 0.342. The predicted octanol–water partition coefficient (Wildman–Crippen LogP) is -0.374. The molecule has 0 bridgehead atoms. The highest BCUT2D eigenvalue weighted by atomic mass is 16.3. The molecule has 0 aromatic rings. The molecule has 0 saturated carbocycles. The molecule has 13 heavy (non-hydrogen) atoms. The number of aliphatic hydroxyl groups is 1. The Balaban J connectivity index is 2.09. The number of hydrogen-bond donors (Lipinski definition) is 3. The van der Waals surface area contributed by atoms with Crippen molar-refractivity contribution in [2.75, 3.05) is 13.1 Å². The monoisotopic (exact) mass is 186 g/mol. The molecule has 4 heteroatoms. The summed E-state index contributed by atoms with van der Waals surface area (Å²) >= 11 is 0. The quantitative estimate of drug-likeness (QED) is 0.561. The SMILES string of the molecule is C[C@@H](O)CNC(=O)CC1CCCN1. The largest absolute Gasteiger partial charge is 0.392 e. The van der Waals surface area contributed by atoms with E-state index in [0.717, 1.165) is 19.4 Å². The lowest BCUT2D eigenvalue weighted by Gasteiger charge is -2.11. The van der Waals surface area contributed by atoms with Crippen LogP contribution in [0.25, 0.3) is 0 Å². The van der Waals surface area contributed by atoms with E-state index in [0.29, 0.717) is 19.0 Å². The van der Waals surface area contributed by atoms with Gasteiger partial charge in [-0.1, -0.05) is 0 Å². The van der Waals surface area contributed by atoms with Crippen molar-refractivity contribution in [3.63, 3.8) is 0 Å². The van der Waals surface area contributed by atoms with Crippen molar-refractivity contribution in [2.24, 2.45) is 0 Å². The number of aliphatic hydroxyl groups excluding tert-OH is 1. The second-order valence-electron chi connectivity index (χ2n) is 3.65. The van der Waals surface area contributed by atoms with E-state index in [1.54, 1.807) is 6.92 Å². The van der Waals surface area contributed by atoms with Crippen LogP contribution in [0.4, 0.5) is 0 Å². The van der Waals surface area contributed by atoms with Crippen molar-refractivity contribution in [2.45, 2.75) is 38.3 Å². The molecule has 1 amide bonds. The molecule has 76 valence electrons. The molecular weight excluding hydrogens is 168 g/mol. The molecule has 1 rings (SSSR count). The van der Waals surface area contributed by atoms with Crippen molar-refractivity contribution >= 4 is 5.91 Å². The number of carbonyl (C=O) groups is 1. The first-order valence-corrected chi connectivity index (χ1v) is 4.86. The molecule has 1 saturated heterocycles. The summed E-state index contributed by atoms with van der Waals surface area (Å²) < 4.78 is 0. The first-order valence-electron chi connectivity index (χ1n) is 4.86. The van der Waals surface area contributed by atoms with Crippen LogP contribution in [0.15, 0.2) is 0 Å². The number of carbonyl (C=O) groups excluding carboxylic acids is 1. The van der Waals surface area contributed by atoms with Gasteiger partial charge in [0.1, 0.15) is 0 Å². The van der Waals surface area contributed by atoms with Gasteiger partial charge in [0.05, 0.1) is 6.10 Å². The van der Waals surface area contributed by atoms with Crippen LogP contribution in [0.3, 0.4) is 0 Å². The Morgan fingerprint density at radius 1 is 1.77 bits per heavy atom. The van der Waals surface area contributed by atoms with Gasteiger partial charge in [0.2, 0.25) is 5.91 Å². The Kier molecular flexibility index (Phi) is 4.18. The summed E-state index contributed by atoms with van der Waals surface area (Å²) in [4.78, 5) is 11.2. The fourth-order valence-electron chi connectivity index (χ4n) is 1.49. The first-order chi connectivity index (χ1) is 6.18. The standard InChI is InChI=1S/C9H18N2O2/c1-7(12)6-11-9(13)5-8-3-2-4-10-8/h7-8,10,12H,2-6H2,1H3,(H,11,13)/t7-,8?/m1/s1. The molecule has 0 radical (unpaired) electrons. The van der Waals surface area contributed by atoms with Crippen molar-refractivity contribution in [3.05, 3.63) is 0 Å². The van der Waals surface area contributed by atoms with Crippen LogP contribution < -0.4 is 10.6 Å². The Labute approximate surface area is 78.7 Å². The van der Waals surface area contributed by atoms with Crippen molar-refractivity contribution in [3.8, 4) is 0 Å². The number of amides is 1. The summed E-state index contributed by atoms with van der Waals surface area (Å²) in [6.07, 6.45) is 2.32. The number of nitrogens with one attached hydrogen (secondary N) is 2. The third-order valence-corrected chi connectivity index (χ3v) is 2.19. The van der Waals surface area contributed by atoms with Crippen LogP contribution in [0.2, 0.25) is 0 Å². The molecule has 4 nitrogen and oxygen atoms in total. The third-order valence-electron chi connectivity index (χ3n) is 2.19. The molecule has 0 spiro atoms. The zero-order valence-corrected chi connectivity index (χ0v) is 8.05. The van der Waals surface area contributed by atoms with E-state index >= 15 is 0 Å². The maximum atomic E-state index is 11.2. The summed E-state index contributed by atoms with van der Waals surface area (Å²) in [5.41, 5.74) is 0. The van der Waals surface area contributed by atoms with Gasteiger partial charge in [0, 0.05) is 19.0 Å². The normalized spacial score (nSPS) is 24.3. The van der Waals surface area contributed by atoms with E-state index in [2.05, 4.69) is 10.6 Å². The number of hydrogen-bond acceptors (Lipinski definition) is 3. The highest BCUT2D eigenvalue weighted by Gasteiger charge is 2.17. The molecule has 0 aliphatic carbocycles. The molecule has 0 aromatic carbocycles. The number of rotatable bonds is 4. The van der Waals surface area contributed by atoms with Gasteiger partial charge in [-0.2, -0.15) is 0 Å². The minimum atomic E-state index is -0.458. The van der Waals surface area contributed by atoms with Crippen molar-refractivity contribution in [1.82, 2.24) is 10.6 Å². The fraction of sp³-hybridized carbons (Fsp3) is 0.889. The molecule has 1 fully saturated rings. The van der Waals surface area contributed by atoms with Crippen molar-refractivity contribution in [1.29, 1.82) is 0 Å². The van der Waals surface area contributed by atoms with Gasteiger partial charge in [0.15, 0.2) is 0 Å². The summed E-state index contributed by atoms with van der Waals surface area (Å²) in [7, 11) is 0. The minimum absolute atomic E-state index is 0.0281. The maximum absolute atomic E-state index is 11.2. The van der Waals surface area contributed by atoms with Crippen LogP contribution in [0.5, 0.6) is 0 Å². The third kappa shape index (κ3) is 4.24. The van der Waals surface area contributed by atoms with Gasteiger partial charge in [-0.15, -0.1) is 0 Å².